The Hall–Kier alpha value is -2.32. The fourth-order valence-corrected chi connectivity index (χ4v) is 4.72. The summed E-state index contributed by atoms with van der Waals surface area (Å²) in [4.78, 5) is 27.6. The molecule has 2 aliphatic heterocycles. The highest BCUT2D eigenvalue weighted by atomic mass is 32.2. The number of thioether (sulfide) groups is 1. The smallest absolute Gasteiger partial charge is 0.241 e. The third kappa shape index (κ3) is 2.99. The predicted molar refractivity (Wildman–Crippen MR) is 98.7 cm³/mol. The summed E-state index contributed by atoms with van der Waals surface area (Å²) in [5, 5.41) is 15.3. The zero-order chi connectivity index (χ0) is 18.1. The van der Waals surface area contributed by atoms with Gasteiger partial charge in [0, 0.05) is 17.8 Å². The zero-order valence-electron chi connectivity index (χ0n) is 14.0. The van der Waals surface area contributed by atoms with Crippen molar-refractivity contribution in [1.29, 1.82) is 0 Å². The normalized spacial score (nSPS) is 26.2. The van der Waals surface area contributed by atoms with E-state index in [4.69, 9.17) is 9.62 Å². The molecular formula is C18H19N3O4S. The predicted octanol–water partition coefficient (Wildman–Crippen LogP) is 2.10. The van der Waals surface area contributed by atoms with Gasteiger partial charge in [-0.25, -0.2) is 0 Å². The molecule has 2 fully saturated rings. The van der Waals surface area contributed by atoms with Crippen LogP contribution in [0, 0.1) is 0 Å². The molecule has 2 saturated heterocycles. The maximum absolute atomic E-state index is 13.0. The molecule has 2 aliphatic rings. The van der Waals surface area contributed by atoms with E-state index in [-0.39, 0.29) is 23.5 Å². The number of hydrogen-bond donors (Lipinski definition) is 2. The van der Waals surface area contributed by atoms with Crippen LogP contribution in [0.15, 0.2) is 39.9 Å². The van der Waals surface area contributed by atoms with E-state index in [0.717, 1.165) is 18.2 Å². The number of nitrogens with one attached hydrogen (secondary N) is 1. The van der Waals surface area contributed by atoms with Crippen molar-refractivity contribution in [2.75, 3.05) is 12.4 Å². The van der Waals surface area contributed by atoms with E-state index in [1.807, 2.05) is 24.3 Å². The Morgan fingerprint density at radius 1 is 1.38 bits per heavy atom. The van der Waals surface area contributed by atoms with E-state index in [9.17, 15) is 9.59 Å². The average molecular weight is 373 g/mol. The van der Waals surface area contributed by atoms with E-state index in [2.05, 4.69) is 10.5 Å². The Labute approximate surface area is 154 Å². The summed E-state index contributed by atoms with van der Waals surface area (Å²) in [6.45, 7) is 0.601. The van der Waals surface area contributed by atoms with Crippen molar-refractivity contribution in [2.45, 2.75) is 30.2 Å². The number of hydrogen-bond acceptors (Lipinski definition) is 7. The Morgan fingerprint density at radius 3 is 3.04 bits per heavy atom. The number of amides is 1. The quantitative estimate of drug-likeness (QED) is 0.369. The lowest BCUT2D eigenvalue weighted by Crippen LogP contribution is -2.51. The minimum absolute atomic E-state index is 0.133. The van der Waals surface area contributed by atoms with Gasteiger partial charge in [-0.1, -0.05) is 23.4 Å². The molecular weight excluding hydrogens is 354 g/mol. The van der Waals surface area contributed by atoms with Crippen molar-refractivity contribution >= 4 is 40.6 Å². The third-order valence-electron chi connectivity index (χ3n) is 4.88. The Kier molecular flexibility index (Phi) is 4.69. The molecule has 0 radical (unpaired) electrons. The number of benzene rings is 1. The van der Waals surface area contributed by atoms with Crippen molar-refractivity contribution in [3.63, 3.8) is 0 Å². The van der Waals surface area contributed by atoms with Crippen LogP contribution in [-0.2, 0) is 4.79 Å². The maximum atomic E-state index is 13.0. The zero-order valence-corrected chi connectivity index (χ0v) is 14.8. The van der Waals surface area contributed by atoms with E-state index in [1.165, 1.54) is 18.0 Å². The van der Waals surface area contributed by atoms with Crippen LogP contribution in [0.25, 0.3) is 11.0 Å². The second-order valence-electron chi connectivity index (χ2n) is 6.43. The van der Waals surface area contributed by atoms with Gasteiger partial charge in [0.2, 0.25) is 11.7 Å². The van der Waals surface area contributed by atoms with Crippen LogP contribution in [0.3, 0.4) is 0 Å². The molecule has 7 nitrogen and oxygen atoms in total. The molecule has 0 spiro atoms. The number of para-hydroxylation sites is 1. The number of carbonyl (C=O) groups is 2. The highest BCUT2D eigenvalue weighted by Crippen LogP contribution is 2.30. The summed E-state index contributed by atoms with van der Waals surface area (Å²) >= 11 is 1.41. The first-order valence-electron chi connectivity index (χ1n) is 8.55. The first-order valence-corrected chi connectivity index (χ1v) is 9.60. The molecule has 8 heteroatoms. The van der Waals surface area contributed by atoms with E-state index in [1.54, 1.807) is 11.0 Å². The van der Waals surface area contributed by atoms with Crippen LogP contribution in [0.1, 0.15) is 23.4 Å². The topological polar surface area (TPSA) is 95.1 Å². The summed E-state index contributed by atoms with van der Waals surface area (Å²) in [5.74, 6) is 0.493. The highest BCUT2D eigenvalue weighted by Gasteiger charge is 2.43. The summed E-state index contributed by atoms with van der Waals surface area (Å²) in [6.07, 6.45) is 2.99. The molecule has 4 rings (SSSR count). The van der Waals surface area contributed by atoms with Crippen LogP contribution >= 0.6 is 11.8 Å². The van der Waals surface area contributed by atoms with Gasteiger partial charge in [0.15, 0.2) is 5.76 Å². The van der Waals surface area contributed by atoms with Gasteiger partial charge in [-0.05, 0) is 25.0 Å². The van der Waals surface area contributed by atoms with Gasteiger partial charge in [-0.3, -0.25) is 14.9 Å². The number of Topliss-reactive ketones (excluding diaryl/α,β-unsaturated/α-hetero) is 1. The van der Waals surface area contributed by atoms with Gasteiger partial charge >= 0.3 is 0 Å². The molecule has 0 bridgehead atoms. The fourth-order valence-electron chi connectivity index (χ4n) is 3.59. The summed E-state index contributed by atoms with van der Waals surface area (Å²) < 4.78 is 5.69. The Bertz CT molecular complexity index is 832. The first-order chi connectivity index (χ1) is 12.7. The van der Waals surface area contributed by atoms with Crippen LogP contribution in [0.5, 0.6) is 0 Å². The highest BCUT2D eigenvalue weighted by molar-refractivity contribution is 8.00. The number of furan rings is 1. The number of carbonyl (C=O) groups excluding carboxylic acids is 2. The fraction of sp³-hybridized carbons (Fsp3) is 0.389. The second kappa shape index (κ2) is 7.13. The van der Waals surface area contributed by atoms with Crippen LogP contribution in [0.2, 0.25) is 0 Å². The Morgan fingerprint density at radius 2 is 2.23 bits per heavy atom. The van der Waals surface area contributed by atoms with Crippen molar-refractivity contribution in [2.24, 2.45) is 5.16 Å². The van der Waals surface area contributed by atoms with Crippen molar-refractivity contribution < 1.29 is 19.2 Å². The van der Waals surface area contributed by atoms with E-state index in [0.29, 0.717) is 18.0 Å². The van der Waals surface area contributed by atoms with Gasteiger partial charge in [0.05, 0.1) is 17.5 Å². The van der Waals surface area contributed by atoms with E-state index >= 15 is 0 Å². The number of nitrogens with zero attached hydrogens (tertiary/aromatic N) is 2. The average Bonchev–Trinajstić information content (AvgIpc) is 3.39. The van der Waals surface area contributed by atoms with Gasteiger partial charge < -0.3 is 14.5 Å². The maximum Gasteiger partial charge on any atom is 0.241 e. The Balaban J connectivity index is 1.56. The molecule has 0 aliphatic carbocycles. The molecule has 26 heavy (non-hydrogen) atoms. The largest absolute Gasteiger partial charge is 0.453 e. The summed E-state index contributed by atoms with van der Waals surface area (Å²) in [6, 6.07) is 8.36. The van der Waals surface area contributed by atoms with Crippen molar-refractivity contribution in [3.05, 3.63) is 36.1 Å². The van der Waals surface area contributed by atoms with Gasteiger partial charge in [0.1, 0.15) is 11.6 Å². The molecule has 1 amide bonds. The molecule has 1 unspecified atom stereocenters. The summed E-state index contributed by atoms with van der Waals surface area (Å²) in [5.41, 5.74) is 0.661. The molecule has 136 valence electrons. The monoisotopic (exact) mass is 373 g/mol. The molecule has 0 saturated carbocycles. The molecule has 2 N–H and O–H groups in total. The number of likely N-dealkylation sites (tertiary alicyclic amines) is 1. The number of fused-ring (bicyclic) bond motifs is 1. The van der Waals surface area contributed by atoms with Crippen molar-refractivity contribution in [1.82, 2.24) is 10.2 Å². The standard InChI is InChI=1S/C18H19N3O4S/c22-16(14-8-11-4-1-2-6-13(11)25-14)17-15(19-10-26-17)18(23)21-7-3-5-12(21)9-20-24/h1-2,4,6,8-9,12,15,17,19,24H,3,5,7,10H2/t12-,15-,17?/m0/s1. The molecule has 3 heterocycles. The number of rotatable bonds is 4. The van der Waals surface area contributed by atoms with Gasteiger partial charge in [-0.15, -0.1) is 11.8 Å². The SMILES string of the molecule is O=C(c1cc2ccccc2o1)C1SCN[C@@H]1C(=O)N1CCC[C@H]1C=NO. The molecule has 2 aromatic rings. The molecule has 1 aromatic heterocycles. The lowest BCUT2D eigenvalue weighted by atomic mass is 10.1. The van der Waals surface area contributed by atoms with Crippen molar-refractivity contribution in [3.8, 4) is 0 Å². The van der Waals surface area contributed by atoms with Gasteiger partial charge in [-0.2, -0.15) is 0 Å². The third-order valence-corrected chi connectivity index (χ3v) is 6.06. The lowest BCUT2D eigenvalue weighted by molar-refractivity contribution is -0.132. The van der Waals surface area contributed by atoms with E-state index < -0.39 is 11.3 Å². The van der Waals surface area contributed by atoms with Crippen LogP contribution in [-0.4, -0.2) is 57.8 Å². The minimum atomic E-state index is -0.603. The first kappa shape index (κ1) is 17.1. The molecule has 1 aromatic carbocycles. The van der Waals surface area contributed by atoms with Crippen LogP contribution < -0.4 is 5.32 Å². The minimum Gasteiger partial charge on any atom is -0.453 e. The van der Waals surface area contributed by atoms with Gasteiger partial charge in [0.25, 0.3) is 0 Å². The lowest BCUT2D eigenvalue weighted by Gasteiger charge is -2.26. The number of ketones is 1. The number of oxime groups is 1. The second-order valence-corrected chi connectivity index (χ2v) is 7.56. The molecule has 3 atom stereocenters. The summed E-state index contributed by atoms with van der Waals surface area (Å²) in [7, 11) is 0. The van der Waals surface area contributed by atoms with Crippen LogP contribution in [0.4, 0.5) is 0 Å².